The summed E-state index contributed by atoms with van der Waals surface area (Å²) < 4.78 is 13.1. The number of carbonyl (C=O) groups is 1. The number of carbonyl (C=O) groups excluding carboxylic acids is 1. The molecule has 132 valence electrons. The molecule has 0 unspecified atom stereocenters. The van der Waals surface area contributed by atoms with Crippen LogP contribution in [0.15, 0.2) is 34.3 Å². The van der Waals surface area contributed by atoms with Gasteiger partial charge in [-0.2, -0.15) is 0 Å². The van der Waals surface area contributed by atoms with E-state index in [4.69, 9.17) is 9.15 Å². The number of ether oxygens (including phenoxy) is 1. The van der Waals surface area contributed by atoms with Gasteiger partial charge in [-0.3, -0.25) is 14.1 Å². The number of aromatic nitrogens is 2. The molecule has 0 aliphatic carbocycles. The smallest absolute Gasteiger partial charge is 0.271 e. The molecule has 1 aliphatic rings. The Morgan fingerprint density at radius 1 is 1.40 bits per heavy atom. The fourth-order valence-corrected chi connectivity index (χ4v) is 3.75. The van der Waals surface area contributed by atoms with E-state index in [1.165, 1.54) is 11.3 Å². The van der Waals surface area contributed by atoms with Gasteiger partial charge in [-0.15, -0.1) is 11.3 Å². The highest BCUT2D eigenvalue weighted by Crippen LogP contribution is 2.23. The first-order valence-electron chi connectivity index (χ1n) is 8.29. The molecule has 3 aromatic heterocycles. The van der Waals surface area contributed by atoms with Gasteiger partial charge in [-0.05, 0) is 19.1 Å². The van der Waals surface area contributed by atoms with Crippen LogP contribution in [0.3, 0.4) is 0 Å². The van der Waals surface area contributed by atoms with Crippen LogP contribution in [0.1, 0.15) is 28.1 Å². The minimum absolute atomic E-state index is 0.00900. The molecule has 1 N–H and O–H groups in total. The zero-order valence-electron chi connectivity index (χ0n) is 14.0. The van der Waals surface area contributed by atoms with Crippen molar-refractivity contribution < 1.29 is 13.9 Å². The molecule has 25 heavy (non-hydrogen) atoms. The fourth-order valence-electron chi connectivity index (χ4n) is 3.05. The number of nitrogens with zero attached hydrogens (tertiary/aromatic N) is 3. The maximum absolute atomic E-state index is 12.5. The SMILES string of the molecule is Cc1ccc([C@@H](CNC(=O)c2cn3ccsc3n2)N2CCOCC2)o1. The average molecular weight is 360 g/mol. The number of furan rings is 1. The molecule has 3 aromatic rings. The molecular formula is C17H20N4O3S. The van der Waals surface area contributed by atoms with E-state index < -0.39 is 0 Å². The van der Waals surface area contributed by atoms with Crippen LogP contribution in [0, 0.1) is 6.92 Å². The Kier molecular flexibility index (Phi) is 4.56. The normalized spacial score (nSPS) is 17.0. The molecule has 0 saturated carbocycles. The van der Waals surface area contributed by atoms with Crippen molar-refractivity contribution in [2.24, 2.45) is 0 Å². The van der Waals surface area contributed by atoms with Crippen molar-refractivity contribution in [2.45, 2.75) is 13.0 Å². The van der Waals surface area contributed by atoms with Crippen molar-refractivity contribution >= 4 is 22.2 Å². The number of nitrogens with one attached hydrogen (secondary N) is 1. The van der Waals surface area contributed by atoms with Gasteiger partial charge in [0.15, 0.2) is 4.96 Å². The first-order chi connectivity index (χ1) is 12.2. The third-order valence-electron chi connectivity index (χ3n) is 4.36. The molecule has 1 aliphatic heterocycles. The van der Waals surface area contributed by atoms with Crippen LogP contribution >= 0.6 is 11.3 Å². The number of imidazole rings is 1. The Bertz CT molecular complexity index is 834. The van der Waals surface area contributed by atoms with E-state index in [-0.39, 0.29) is 11.9 Å². The van der Waals surface area contributed by atoms with Crippen LogP contribution in [0.25, 0.3) is 4.96 Å². The Morgan fingerprint density at radius 2 is 2.24 bits per heavy atom. The molecule has 1 amide bonds. The number of thiazole rings is 1. The number of hydrogen-bond acceptors (Lipinski definition) is 6. The molecular weight excluding hydrogens is 340 g/mol. The second-order valence-corrected chi connectivity index (χ2v) is 6.91. The molecule has 4 heterocycles. The van der Waals surface area contributed by atoms with Crippen LogP contribution in [0.2, 0.25) is 0 Å². The number of amides is 1. The molecule has 0 bridgehead atoms. The Morgan fingerprint density at radius 3 is 2.96 bits per heavy atom. The lowest BCUT2D eigenvalue weighted by Crippen LogP contribution is -2.43. The zero-order valence-corrected chi connectivity index (χ0v) is 14.8. The predicted octanol–water partition coefficient (Wildman–Crippen LogP) is 2.10. The predicted molar refractivity (Wildman–Crippen MR) is 94.0 cm³/mol. The lowest BCUT2D eigenvalue weighted by Gasteiger charge is -2.33. The van der Waals surface area contributed by atoms with Gasteiger partial charge in [0.05, 0.1) is 19.3 Å². The second kappa shape index (κ2) is 6.99. The summed E-state index contributed by atoms with van der Waals surface area (Å²) in [6, 6.07) is 3.92. The fraction of sp³-hybridized carbons (Fsp3) is 0.412. The van der Waals surface area contributed by atoms with Gasteiger partial charge in [0.2, 0.25) is 0 Å². The highest BCUT2D eigenvalue weighted by molar-refractivity contribution is 7.15. The minimum atomic E-state index is -0.169. The molecule has 0 aromatic carbocycles. The summed E-state index contributed by atoms with van der Waals surface area (Å²) in [5.41, 5.74) is 0.434. The molecule has 0 radical (unpaired) electrons. The van der Waals surface area contributed by atoms with Gasteiger partial charge in [-0.25, -0.2) is 4.98 Å². The summed E-state index contributed by atoms with van der Waals surface area (Å²) in [5.74, 6) is 1.57. The van der Waals surface area contributed by atoms with Crippen LogP contribution in [-0.4, -0.2) is 53.0 Å². The van der Waals surface area contributed by atoms with Crippen LogP contribution < -0.4 is 5.32 Å². The number of hydrogen-bond donors (Lipinski definition) is 1. The van der Waals surface area contributed by atoms with Crippen molar-refractivity contribution in [3.05, 3.63) is 47.1 Å². The van der Waals surface area contributed by atoms with E-state index in [0.717, 1.165) is 29.6 Å². The van der Waals surface area contributed by atoms with Gasteiger partial charge < -0.3 is 14.5 Å². The molecule has 1 fully saturated rings. The van der Waals surface area contributed by atoms with Gasteiger partial charge >= 0.3 is 0 Å². The minimum Gasteiger partial charge on any atom is -0.465 e. The van der Waals surface area contributed by atoms with E-state index in [1.807, 2.05) is 35.0 Å². The van der Waals surface area contributed by atoms with E-state index in [2.05, 4.69) is 15.2 Å². The van der Waals surface area contributed by atoms with Gasteiger partial charge in [0, 0.05) is 37.4 Å². The number of aryl methyl sites for hydroxylation is 1. The summed E-state index contributed by atoms with van der Waals surface area (Å²) in [6.07, 6.45) is 3.65. The van der Waals surface area contributed by atoms with Gasteiger partial charge in [0.25, 0.3) is 5.91 Å². The summed E-state index contributed by atoms with van der Waals surface area (Å²) >= 11 is 1.51. The summed E-state index contributed by atoms with van der Waals surface area (Å²) in [6.45, 7) is 5.43. The number of fused-ring (bicyclic) bond motifs is 1. The van der Waals surface area contributed by atoms with Crippen LogP contribution in [0.4, 0.5) is 0 Å². The number of morpholine rings is 1. The molecule has 7 nitrogen and oxygen atoms in total. The van der Waals surface area contributed by atoms with Crippen molar-refractivity contribution in [2.75, 3.05) is 32.8 Å². The molecule has 0 spiro atoms. The Balaban J connectivity index is 1.47. The lowest BCUT2D eigenvalue weighted by molar-refractivity contribution is 0.0117. The van der Waals surface area contributed by atoms with Crippen molar-refractivity contribution in [3.8, 4) is 0 Å². The van der Waals surface area contributed by atoms with E-state index in [1.54, 1.807) is 6.20 Å². The monoisotopic (exact) mass is 360 g/mol. The maximum Gasteiger partial charge on any atom is 0.271 e. The van der Waals surface area contributed by atoms with E-state index in [0.29, 0.717) is 25.5 Å². The van der Waals surface area contributed by atoms with Crippen molar-refractivity contribution in [3.63, 3.8) is 0 Å². The Hall–Kier alpha value is -2.16. The summed E-state index contributed by atoms with van der Waals surface area (Å²) in [4.78, 5) is 19.9. The first-order valence-corrected chi connectivity index (χ1v) is 9.17. The first kappa shape index (κ1) is 16.3. The van der Waals surface area contributed by atoms with Crippen molar-refractivity contribution in [1.82, 2.24) is 19.6 Å². The van der Waals surface area contributed by atoms with E-state index in [9.17, 15) is 4.79 Å². The van der Waals surface area contributed by atoms with E-state index >= 15 is 0 Å². The Labute approximate surface area is 149 Å². The largest absolute Gasteiger partial charge is 0.465 e. The average Bonchev–Trinajstić information content (AvgIpc) is 3.32. The maximum atomic E-state index is 12.5. The van der Waals surface area contributed by atoms with Gasteiger partial charge in [-0.1, -0.05) is 0 Å². The molecule has 8 heteroatoms. The quantitative estimate of drug-likeness (QED) is 0.754. The zero-order chi connectivity index (χ0) is 17.2. The second-order valence-electron chi connectivity index (χ2n) is 6.04. The van der Waals surface area contributed by atoms with Crippen molar-refractivity contribution in [1.29, 1.82) is 0 Å². The standard InChI is InChI=1S/C17H20N4O3S/c1-12-2-3-15(24-12)14(20-4-7-23-8-5-20)10-18-16(22)13-11-21-6-9-25-17(21)19-13/h2-3,6,9,11,14H,4-5,7-8,10H2,1H3,(H,18,22)/t14-/m1/s1. The highest BCUT2D eigenvalue weighted by Gasteiger charge is 2.26. The summed E-state index contributed by atoms with van der Waals surface area (Å²) in [7, 11) is 0. The van der Waals surface area contributed by atoms with Crippen LogP contribution in [0.5, 0.6) is 0 Å². The molecule has 1 atom stereocenters. The highest BCUT2D eigenvalue weighted by atomic mass is 32.1. The summed E-state index contributed by atoms with van der Waals surface area (Å²) in [5, 5.41) is 4.94. The molecule has 1 saturated heterocycles. The third-order valence-corrected chi connectivity index (χ3v) is 5.13. The lowest BCUT2D eigenvalue weighted by atomic mass is 10.1. The molecule has 4 rings (SSSR count). The van der Waals surface area contributed by atoms with Crippen LogP contribution in [-0.2, 0) is 4.74 Å². The third kappa shape index (κ3) is 3.46. The topological polar surface area (TPSA) is 72.0 Å². The number of rotatable bonds is 5. The van der Waals surface area contributed by atoms with Gasteiger partial charge in [0.1, 0.15) is 17.2 Å².